The maximum absolute atomic E-state index is 11.5. The van der Waals surface area contributed by atoms with Crippen LogP contribution in [0.4, 0.5) is 0 Å². The highest BCUT2D eigenvalue weighted by Crippen LogP contribution is 2.32. The highest BCUT2D eigenvalue weighted by atomic mass is 32.2. The topological polar surface area (TPSA) is 61.4 Å². The zero-order valence-electron chi connectivity index (χ0n) is 17.2. The summed E-state index contributed by atoms with van der Waals surface area (Å²) in [5, 5.41) is 14.3. The molecule has 0 spiro atoms. The van der Waals surface area contributed by atoms with Gasteiger partial charge >= 0.3 is 0 Å². The number of hydroxylamine groups is 1. The molecule has 1 atom stereocenters. The molecule has 0 bridgehead atoms. The summed E-state index contributed by atoms with van der Waals surface area (Å²) in [6, 6.07) is 0. The van der Waals surface area contributed by atoms with E-state index in [2.05, 4.69) is 43.5 Å². The number of thioether (sulfide) groups is 1. The number of amides is 1. The van der Waals surface area contributed by atoms with Gasteiger partial charge < -0.3 is 5.32 Å². The molecule has 154 valence electrons. The zero-order valence-corrected chi connectivity index (χ0v) is 18.0. The molecule has 1 aliphatic carbocycles. The van der Waals surface area contributed by atoms with Gasteiger partial charge in [0, 0.05) is 6.54 Å². The fourth-order valence-electron chi connectivity index (χ4n) is 3.33. The third-order valence-corrected chi connectivity index (χ3v) is 6.18. The van der Waals surface area contributed by atoms with Crippen LogP contribution in [0.3, 0.4) is 0 Å². The van der Waals surface area contributed by atoms with Crippen molar-refractivity contribution in [1.29, 1.82) is 0 Å². The van der Waals surface area contributed by atoms with E-state index in [9.17, 15) is 4.79 Å². The van der Waals surface area contributed by atoms with Crippen LogP contribution in [0.2, 0.25) is 0 Å². The predicted octanol–water partition coefficient (Wildman–Crippen LogP) is 5.41. The minimum absolute atomic E-state index is 0.444. The molecule has 0 aromatic carbocycles. The van der Waals surface area contributed by atoms with Crippen LogP contribution >= 0.6 is 11.8 Å². The number of unbranched alkanes of at least 4 members (excludes halogenated alkanes) is 2. The Morgan fingerprint density at radius 1 is 1.21 bits per heavy atom. The van der Waals surface area contributed by atoms with E-state index in [0.717, 1.165) is 25.4 Å². The van der Waals surface area contributed by atoms with Gasteiger partial charge in [-0.15, -0.1) is 0 Å². The van der Waals surface area contributed by atoms with E-state index in [4.69, 9.17) is 5.21 Å². The van der Waals surface area contributed by atoms with Gasteiger partial charge in [-0.1, -0.05) is 81.7 Å². The SMILES string of the molecule is CCCCCC(C)CCNCC1=CCC=C(C2=CSC(C(=O)NO)=CC2)C=C1. The van der Waals surface area contributed by atoms with E-state index in [-0.39, 0.29) is 0 Å². The van der Waals surface area contributed by atoms with Crippen LogP contribution in [-0.4, -0.2) is 24.2 Å². The van der Waals surface area contributed by atoms with Crippen LogP contribution in [0.1, 0.15) is 58.8 Å². The highest BCUT2D eigenvalue weighted by Gasteiger charge is 2.14. The average Bonchev–Trinajstić information content (AvgIpc) is 2.96. The molecule has 1 aliphatic heterocycles. The Morgan fingerprint density at radius 3 is 2.79 bits per heavy atom. The van der Waals surface area contributed by atoms with Crippen molar-refractivity contribution in [2.45, 2.75) is 58.8 Å². The molecule has 0 saturated heterocycles. The lowest BCUT2D eigenvalue weighted by Crippen LogP contribution is -2.19. The Kier molecular flexibility index (Phi) is 10.4. The summed E-state index contributed by atoms with van der Waals surface area (Å²) < 4.78 is 0. The lowest BCUT2D eigenvalue weighted by molar-refractivity contribution is -0.124. The number of allylic oxidation sites excluding steroid dienone is 6. The maximum atomic E-state index is 11.5. The van der Waals surface area contributed by atoms with Gasteiger partial charge in [0.15, 0.2) is 0 Å². The average molecular weight is 403 g/mol. The molecule has 2 aliphatic rings. The Balaban J connectivity index is 1.72. The summed E-state index contributed by atoms with van der Waals surface area (Å²) in [7, 11) is 0. The molecule has 4 nitrogen and oxygen atoms in total. The predicted molar refractivity (Wildman–Crippen MR) is 119 cm³/mol. The fourth-order valence-corrected chi connectivity index (χ4v) is 4.16. The molecule has 0 saturated carbocycles. The van der Waals surface area contributed by atoms with E-state index in [0.29, 0.717) is 11.3 Å². The van der Waals surface area contributed by atoms with Crippen LogP contribution < -0.4 is 10.8 Å². The van der Waals surface area contributed by atoms with Crippen molar-refractivity contribution in [3.8, 4) is 0 Å². The summed E-state index contributed by atoms with van der Waals surface area (Å²) in [6.07, 6.45) is 19.0. The van der Waals surface area contributed by atoms with Crippen molar-refractivity contribution in [2.75, 3.05) is 13.1 Å². The monoisotopic (exact) mass is 402 g/mol. The van der Waals surface area contributed by atoms with Crippen molar-refractivity contribution in [3.63, 3.8) is 0 Å². The minimum Gasteiger partial charge on any atom is -0.313 e. The minimum atomic E-state index is -0.444. The van der Waals surface area contributed by atoms with Gasteiger partial charge in [0.05, 0.1) is 4.91 Å². The Morgan fingerprint density at radius 2 is 2.07 bits per heavy atom. The molecule has 0 aromatic rings. The molecule has 0 aromatic heterocycles. The second kappa shape index (κ2) is 12.8. The van der Waals surface area contributed by atoms with E-state index in [1.807, 2.05) is 11.5 Å². The summed E-state index contributed by atoms with van der Waals surface area (Å²) in [5.41, 5.74) is 5.43. The molecule has 5 heteroatoms. The fraction of sp³-hybridized carbons (Fsp3) is 0.522. The van der Waals surface area contributed by atoms with E-state index < -0.39 is 5.91 Å². The number of carbonyl (C=O) groups excluding carboxylic acids is 1. The van der Waals surface area contributed by atoms with Crippen molar-refractivity contribution < 1.29 is 10.0 Å². The molecular weight excluding hydrogens is 368 g/mol. The number of nitrogens with one attached hydrogen (secondary N) is 2. The van der Waals surface area contributed by atoms with Gasteiger partial charge in [0.1, 0.15) is 0 Å². The Hall–Kier alpha value is -1.56. The van der Waals surface area contributed by atoms with Crippen molar-refractivity contribution in [3.05, 3.63) is 57.4 Å². The molecule has 28 heavy (non-hydrogen) atoms. The first-order valence-electron chi connectivity index (χ1n) is 10.4. The lowest BCUT2D eigenvalue weighted by atomic mass is 10.00. The van der Waals surface area contributed by atoms with Crippen LogP contribution in [0.15, 0.2) is 57.4 Å². The number of rotatable bonds is 11. The molecule has 3 N–H and O–H groups in total. The first-order valence-corrected chi connectivity index (χ1v) is 11.3. The second-order valence-corrected chi connectivity index (χ2v) is 8.46. The number of carbonyl (C=O) groups is 1. The number of hydrogen-bond donors (Lipinski definition) is 3. The first kappa shape index (κ1) is 22.7. The highest BCUT2D eigenvalue weighted by molar-refractivity contribution is 8.06. The Bertz CT molecular complexity index is 674. The van der Waals surface area contributed by atoms with Gasteiger partial charge in [0.2, 0.25) is 0 Å². The van der Waals surface area contributed by atoms with Crippen LogP contribution in [0.25, 0.3) is 0 Å². The molecule has 1 unspecified atom stereocenters. The second-order valence-electron chi connectivity index (χ2n) is 7.55. The van der Waals surface area contributed by atoms with Gasteiger partial charge in [0.25, 0.3) is 5.91 Å². The van der Waals surface area contributed by atoms with Crippen LogP contribution in [0, 0.1) is 5.92 Å². The summed E-state index contributed by atoms with van der Waals surface area (Å²) in [4.78, 5) is 12.0. The lowest BCUT2D eigenvalue weighted by Gasteiger charge is -2.13. The summed E-state index contributed by atoms with van der Waals surface area (Å²) >= 11 is 1.35. The molecule has 1 heterocycles. The van der Waals surface area contributed by atoms with Gasteiger partial charge in [-0.3, -0.25) is 10.0 Å². The maximum Gasteiger partial charge on any atom is 0.281 e. The molecule has 2 rings (SSSR count). The van der Waals surface area contributed by atoms with Gasteiger partial charge in [-0.2, -0.15) is 0 Å². The van der Waals surface area contributed by atoms with Gasteiger partial charge in [-0.05, 0) is 53.9 Å². The van der Waals surface area contributed by atoms with E-state index >= 15 is 0 Å². The smallest absolute Gasteiger partial charge is 0.281 e. The Labute approximate surface area is 173 Å². The zero-order chi connectivity index (χ0) is 20.2. The molecule has 1 amide bonds. The molecule has 0 fully saturated rings. The third-order valence-electron chi connectivity index (χ3n) is 5.17. The molecule has 0 radical (unpaired) electrons. The summed E-state index contributed by atoms with van der Waals surface area (Å²) in [5.74, 6) is 0.355. The van der Waals surface area contributed by atoms with Crippen molar-refractivity contribution in [2.24, 2.45) is 5.92 Å². The normalized spacial score (nSPS) is 17.8. The van der Waals surface area contributed by atoms with Gasteiger partial charge in [-0.25, -0.2) is 5.48 Å². The summed E-state index contributed by atoms with van der Waals surface area (Å²) in [6.45, 7) is 6.60. The largest absolute Gasteiger partial charge is 0.313 e. The third kappa shape index (κ3) is 7.82. The van der Waals surface area contributed by atoms with Crippen LogP contribution in [0.5, 0.6) is 0 Å². The molecular formula is C23H34N2O2S. The van der Waals surface area contributed by atoms with Crippen molar-refractivity contribution >= 4 is 17.7 Å². The first-order chi connectivity index (χ1) is 13.6. The van der Waals surface area contributed by atoms with E-state index in [1.165, 1.54) is 60.6 Å². The van der Waals surface area contributed by atoms with Crippen molar-refractivity contribution in [1.82, 2.24) is 10.8 Å². The van der Waals surface area contributed by atoms with Crippen LogP contribution in [-0.2, 0) is 4.79 Å². The number of hydrogen-bond acceptors (Lipinski definition) is 4. The quantitative estimate of drug-likeness (QED) is 0.246. The van der Waals surface area contributed by atoms with E-state index in [1.54, 1.807) is 5.48 Å². The standard InChI is InChI=1S/C23H34N2O2S/c1-3-4-5-7-18(2)14-15-24-16-19-8-6-9-20(11-10-19)21-12-13-22(28-17-21)23(26)25-27/h8-11,13,17-18,24,27H,3-7,12,14-16H2,1-2H3,(H,25,26).